The van der Waals surface area contributed by atoms with Gasteiger partial charge in [0.15, 0.2) is 11.9 Å². The summed E-state index contributed by atoms with van der Waals surface area (Å²) in [5.74, 6) is 1.26. The molecule has 2 aliphatic rings. The zero-order chi connectivity index (χ0) is 17.5. The van der Waals surface area contributed by atoms with Crippen LogP contribution in [-0.2, 0) is 9.53 Å². The van der Waals surface area contributed by atoms with Crippen LogP contribution >= 0.6 is 0 Å². The highest BCUT2D eigenvalue weighted by Gasteiger charge is 2.41. The molecule has 5 nitrogen and oxygen atoms in total. The van der Waals surface area contributed by atoms with Crippen molar-refractivity contribution in [3.8, 4) is 11.8 Å². The number of benzene rings is 1. The zero-order valence-corrected chi connectivity index (χ0v) is 14.1. The van der Waals surface area contributed by atoms with E-state index in [0.717, 1.165) is 11.3 Å². The fourth-order valence-corrected chi connectivity index (χ4v) is 3.27. The van der Waals surface area contributed by atoms with Gasteiger partial charge >= 0.3 is 0 Å². The number of rotatable bonds is 2. The lowest BCUT2D eigenvalue weighted by molar-refractivity contribution is -0.118. The van der Waals surface area contributed by atoms with Crippen molar-refractivity contribution in [2.24, 2.45) is 11.1 Å². The Kier molecular flexibility index (Phi) is 3.84. The molecule has 0 saturated heterocycles. The summed E-state index contributed by atoms with van der Waals surface area (Å²) in [7, 11) is 1.59. The summed E-state index contributed by atoms with van der Waals surface area (Å²) < 4.78 is 11.2. The second-order valence-corrected chi connectivity index (χ2v) is 6.95. The number of carbonyl (C=O) groups excluding carboxylic acids is 1. The van der Waals surface area contributed by atoms with Gasteiger partial charge in [-0.3, -0.25) is 4.79 Å². The van der Waals surface area contributed by atoms with Crippen LogP contribution in [0, 0.1) is 16.7 Å². The molecule has 1 atom stereocenters. The summed E-state index contributed by atoms with van der Waals surface area (Å²) in [5.41, 5.74) is 7.73. The number of methoxy groups -OCH3 is 1. The van der Waals surface area contributed by atoms with Gasteiger partial charge in [0.05, 0.1) is 24.0 Å². The van der Waals surface area contributed by atoms with Gasteiger partial charge < -0.3 is 15.2 Å². The lowest BCUT2D eigenvalue weighted by Crippen LogP contribution is -2.33. The number of hydrogen-bond acceptors (Lipinski definition) is 5. The Morgan fingerprint density at radius 2 is 1.96 bits per heavy atom. The first kappa shape index (κ1) is 16.1. The highest BCUT2D eigenvalue weighted by Crippen LogP contribution is 2.45. The highest BCUT2D eigenvalue weighted by atomic mass is 16.5. The summed E-state index contributed by atoms with van der Waals surface area (Å²) >= 11 is 0. The smallest absolute Gasteiger partial charge is 0.168 e. The molecule has 1 aromatic carbocycles. The number of nitrogens with two attached hydrogens (primary N) is 1. The normalized spacial score (nSPS) is 22.6. The molecule has 1 aliphatic carbocycles. The first-order valence-corrected chi connectivity index (χ1v) is 7.83. The van der Waals surface area contributed by atoms with E-state index in [9.17, 15) is 10.1 Å². The van der Waals surface area contributed by atoms with Crippen LogP contribution in [0.4, 0.5) is 0 Å². The topological polar surface area (TPSA) is 85.3 Å². The van der Waals surface area contributed by atoms with E-state index in [1.54, 1.807) is 7.11 Å². The molecule has 0 amide bonds. The Hall–Kier alpha value is -2.74. The van der Waals surface area contributed by atoms with E-state index in [1.165, 1.54) is 0 Å². The average molecular weight is 324 g/mol. The summed E-state index contributed by atoms with van der Waals surface area (Å²) in [6.45, 7) is 4.06. The monoisotopic (exact) mass is 324 g/mol. The number of Topliss-reactive ketones (excluding diaryl/α,β-unsaturated/α-hetero) is 1. The number of ketones is 1. The van der Waals surface area contributed by atoms with Crippen molar-refractivity contribution in [2.75, 3.05) is 7.11 Å². The Balaban J connectivity index is 2.06. The van der Waals surface area contributed by atoms with Crippen molar-refractivity contribution in [2.45, 2.75) is 32.8 Å². The predicted molar refractivity (Wildman–Crippen MR) is 88.7 cm³/mol. The van der Waals surface area contributed by atoms with Crippen molar-refractivity contribution >= 4 is 5.78 Å². The molecule has 1 heterocycles. The Labute approximate surface area is 141 Å². The first-order chi connectivity index (χ1) is 11.4. The molecular weight excluding hydrogens is 304 g/mol. The number of nitriles is 1. The van der Waals surface area contributed by atoms with Gasteiger partial charge in [-0.05, 0) is 23.1 Å². The van der Waals surface area contributed by atoms with Crippen LogP contribution in [0.3, 0.4) is 0 Å². The fourth-order valence-electron chi connectivity index (χ4n) is 3.27. The number of hydrogen-bond donors (Lipinski definition) is 1. The van der Waals surface area contributed by atoms with Crippen molar-refractivity contribution in [3.05, 3.63) is 52.4 Å². The van der Waals surface area contributed by atoms with Gasteiger partial charge in [0.25, 0.3) is 0 Å². The minimum Gasteiger partial charge on any atom is -0.497 e. The van der Waals surface area contributed by atoms with Crippen LogP contribution < -0.4 is 10.5 Å². The molecule has 0 radical (unpaired) electrons. The molecule has 24 heavy (non-hydrogen) atoms. The molecule has 5 heteroatoms. The quantitative estimate of drug-likeness (QED) is 0.903. The van der Waals surface area contributed by atoms with Gasteiger partial charge in [-0.15, -0.1) is 0 Å². The van der Waals surface area contributed by atoms with E-state index in [1.807, 2.05) is 38.1 Å². The minimum atomic E-state index is -0.596. The molecule has 0 spiro atoms. The van der Waals surface area contributed by atoms with Gasteiger partial charge in [-0.2, -0.15) is 5.26 Å². The van der Waals surface area contributed by atoms with E-state index in [0.29, 0.717) is 24.2 Å². The predicted octanol–water partition coefficient (Wildman–Crippen LogP) is 3.15. The lowest BCUT2D eigenvalue weighted by Gasteiger charge is -2.37. The molecule has 2 N–H and O–H groups in total. The molecular formula is C19H20N2O3. The second kappa shape index (κ2) is 5.72. The molecule has 3 rings (SSSR count). The van der Waals surface area contributed by atoms with E-state index in [2.05, 4.69) is 6.07 Å². The molecule has 0 unspecified atom stereocenters. The van der Waals surface area contributed by atoms with Crippen LogP contribution in [0.2, 0.25) is 0 Å². The van der Waals surface area contributed by atoms with Gasteiger partial charge in [0.1, 0.15) is 17.6 Å². The van der Waals surface area contributed by atoms with E-state index in [-0.39, 0.29) is 22.5 Å². The Morgan fingerprint density at radius 3 is 2.54 bits per heavy atom. The lowest BCUT2D eigenvalue weighted by atomic mass is 9.74. The van der Waals surface area contributed by atoms with Gasteiger partial charge in [0.2, 0.25) is 0 Å². The Bertz CT molecular complexity index is 795. The van der Waals surface area contributed by atoms with Crippen molar-refractivity contribution in [3.63, 3.8) is 0 Å². The Morgan fingerprint density at radius 1 is 1.29 bits per heavy atom. The van der Waals surface area contributed by atoms with E-state index in [4.69, 9.17) is 15.2 Å². The second-order valence-electron chi connectivity index (χ2n) is 6.95. The molecule has 0 bridgehead atoms. The molecule has 0 aromatic heterocycles. The largest absolute Gasteiger partial charge is 0.497 e. The fraction of sp³-hybridized carbons (Fsp3) is 0.368. The van der Waals surface area contributed by atoms with Crippen LogP contribution in [0.25, 0.3) is 0 Å². The van der Waals surface area contributed by atoms with Crippen molar-refractivity contribution in [1.82, 2.24) is 0 Å². The van der Waals surface area contributed by atoms with E-state index >= 15 is 0 Å². The maximum Gasteiger partial charge on any atom is 0.168 e. The van der Waals surface area contributed by atoms with Gasteiger partial charge in [-0.1, -0.05) is 26.0 Å². The first-order valence-electron chi connectivity index (χ1n) is 7.83. The molecule has 124 valence electrons. The molecule has 1 aromatic rings. The maximum atomic E-state index is 12.5. The van der Waals surface area contributed by atoms with Crippen molar-refractivity contribution < 1.29 is 14.3 Å². The standard InChI is InChI=1S/C19H20N2O3/c1-19(2)8-14(22)16-15(9-19)24-18(13(10-20)17(16)21)11-4-6-12(23-3)7-5-11/h4-7,18H,8-9,21H2,1-3H3/t18-/m0/s1. The average Bonchev–Trinajstić information content (AvgIpc) is 2.53. The summed E-state index contributed by atoms with van der Waals surface area (Å²) in [6.07, 6.45) is 0.434. The van der Waals surface area contributed by atoms with Crippen LogP contribution in [-0.4, -0.2) is 12.9 Å². The number of carbonyl (C=O) groups is 1. The van der Waals surface area contributed by atoms with Crippen LogP contribution in [0.1, 0.15) is 38.4 Å². The van der Waals surface area contributed by atoms with Crippen molar-refractivity contribution in [1.29, 1.82) is 5.26 Å². The minimum absolute atomic E-state index is 0.0559. The third-order valence-electron chi connectivity index (χ3n) is 4.46. The van der Waals surface area contributed by atoms with E-state index < -0.39 is 6.10 Å². The number of allylic oxidation sites excluding steroid dienone is 2. The number of nitrogens with zero attached hydrogens (tertiary/aromatic N) is 1. The molecule has 1 aliphatic heterocycles. The summed E-state index contributed by atoms with van der Waals surface area (Å²) in [6, 6.07) is 9.42. The van der Waals surface area contributed by atoms with Gasteiger partial charge in [0, 0.05) is 12.8 Å². The molecule has 0 fully saturated rings. The zero-order valence-electron chi connectivity index (χ0n) is 14.1. The van der Waals surface area contributed by atoms with Gasteiger partial charge in [-0.25, -0.2) is 0 Å². The van der Waals surface area contributed by atoms with Crippen LogP contribution in [0.5, 0.6) is 5.75 Å². The van der Waals surface area contributed by atoms with Crippen LogP contribution in [0.15, 0.2) is 46.9 Å². The summed E-state index contributed by atoms with van der Waals surface area (Å²) in [5, 5.41) is 9.55. The molecule has 0 saturated carbocycles. The highest BCUT2D eigenvalue weighted by molar-refractivity contribution is 6.01. The third kappa shape index (κ3) is 2.65. The SMILES string of the molecule is COc1ccc([C@@H]2OC3=C(C(=O)CC(C)(C)C3)C(N)=C2C#N)cc1. The third-order valence-corrected chi connectivity index (χ3v) is 4.46. The number of ether oxygens (including phenoxy) is 2. The maximum absolute atomic E-state index is 12.5. The summed E-state index contributed by atoms with van der Waals surface area (Å²) in [4.78, 5) is 12.5.